The first kappa shape index (κ1) is 29.2. The van der Waals surface area contributed by atoms with E-state index in [0.29, 0.717) is 0 Å². The summed E-state index contributed by atoms with van der Waals surface area (Å²) in [5.74, 6) is 0. The van der Waals surface area contributed by atoms with E-state index < -0.39 is 34.0 Å². The molecule has 0 rings (SSSR count). The van der Waals surface area contributed by atoms with Crippen molar-refractivity contribution in [1.82, 2.24) is 0 Å². The van der Waals surface area contributed by atoms with E-state index in [0.717, 1.165) is 0 Å². The van der Waals surface area contributed by atoms with E-state index in [4.69, 9.17) is 28.0 Å². The van der Waals surface area contributed by atoms with E-state index in [1.54, 1.807) is 0 Å². The smallest absolute Gasteiger partial charge is 0.544 e. The van der Waals surface area contributed by atoms with Gasteiger partial charge >= 0.3 is 49.0 Å². The van der Waals surface area contributed by atoms with Crippen molar-refractivity contribution in [1.29, 1.82) is 0 Å². The maximum absolute atomic E-state index is 8.24. The first-order valence-electron chi connectivity index (χ1n) is 0.926. The number of hydrogen-bond acceptors (Lipinski definition) is 6. The van der Waals surface area contributed by atoms with E-state index in [9.17, 15) is 0 Å². The fraction of sp³-hybridized carbons (Fsp3) is 0. The second-order valence-corrected chi connectivity index (χ2v) is 0.567. The zero-order valence-corrected chi connectivity index (χ0v) is 12.5. The van der Waals surface area contributed by atoms with Gasteiger partial charge in [0.2, 0.25) is 0 Å². The molecule has 0 bridgehead atoms. The molecule has 60 valence electrons. The Kier molecular flexibility index (Phi) is 149. The molecule has 0 radical (unpaired) electrons. The molecule has 0 fully saturated rings. The molecule has 6 nitrogen and oxygen atoms in total. The Morgan fingerprint density at radius 1 is 0.545 bits per heavy atom. The Bertz CT molecular complexity index is 22.5. The zero-order valence-electron chi connectivity index (χ0n) is 5.29. The van der Waals surface area contributed by atoms with Crippen LogP contribution in [-0.2, 0) is 19.5 Å². The summed E-state index contributed by atoms with van der Waals surface area (Å²) in [6.07, 6.45) is 0. The van der Waals surface area contributed by atoms with Crippen LogP contribution in [0.2, 0.25) is 0 Å². The maximum atomic E-state index is 8.24. The quantitative estimate of drug-likeness (QED) is 0.406. The van der Waals surface area contributed by atoms with Gasteiger partial charge in [-0.2, -0.15) is 0 Å². The third kappa shape index (κ3) is 254. The normalized spacial score (nSPS) is 4.91. The zero-order chi connectivity index (χ0) is 8.12. The molecule has 0 saturated carbocycles. The summed E-state index contributed by atoms with van der Waals surface area (Å²) in [4.78, 5) is 0. The standard InChI is InChI=1S/3ClO2.Na.Zn/c3*2-1-3;;/q3*-1;+1;+2. The Labute approximate surface area is 110 Å². The number of hydrogen-bond donors (Lipinski definition) is 0. The fourth-order valence-corrected chi connectivity index (χ4v) is 0. The maximum Gasteiger partial charge on any atom is 2.00 e. The summed E-state index contributed by atoms with van der Waals surface area (Å²) in [6, 6.07) is 0. The Hall–Kier alpha value is 2.25. The Balaban J connectivity index is -0.0000000150. The Morgan fingerprint density at radius 2 is 0.545 bits per heavy atom. The van der Waals surface area contributed by atoms with Gasteiger partial charge in [-0.25, -0.2) is 0 Å². The molecule has 0 aromatic heterocycles. The fourth-order valence-electron chi connectivity index (χ4n) is 0. The molecule has 0 aliphatic rings. The van der Waals surface area contributed by atoms with Gasteiger partial charge in [-0.15, -0.1) is 0 Å². The van der Waals surface area contributed by atoms with Crippen molar-refractivity contribution in [2.24, 2.45) is 0 Å². The van der Waals surface area contributed by atoms with Gasteiger partial charge < -0.3 is 28.0 Å². The summed E-state index contributed by atoms with van der Waals surface area (Å²) < 4.78 is 49.4. The molecule has 0 aliphatic carbocycles. The van der Waals surface area contributed by atoms with Crippen LogP contribution in [0.4, 0.5) is 0 Å². The van der Waals surface area contributed by atoms with Gasteiger partial charge in [0.1, 0.15) is 0 Å². The van der Waals surface area contributed by atoms with Gasteiger partial charge in [0, 0.05) is 0 Å². The second-order valence-electron chi connectivity index (χ2n) is 0.189. The number of halogens is 3. The van der Waals surface area contributed by atoms with Gasteiger partial charge in [-0.3, -0.25) is 0 Å². The van der Waals surface area contributed by atoms with Crippen molar-refractivity contribution in [3.05, 3.63) is 0 Å². The minimum absolute atomic E-state index is 0. The Morgan fingerprint density at radius 3 is 0.545 bits per heavy atom. The summed E-state index contributed by atoms with van der Waals surface area (Å²) in [6.45, 7) is 0. The van der Waals surface area contributed by atoms with Crippen molar-refractivity contribution < 1.29 is 111 Å². The van der Waals surface area contributed by atoms with Gasteiger partial charge in [-0.05, 0) is 0 Å². The van der Waals surface area contributed by atoms with Crippen molar-refractivity contribution in [2.45, 2.75) is 0 Å². The predicted octanol–water partition coefficient (Wildman–Crippen LogP) is -10.1. The molecule has 0 N–H and O–H groups in total. The van der Waals surface area contributed by atoms with Crippen LogP contribution in [0.1, 0.15) is 0 Å². The molecule has 0 atom stereocenters. The molecule has 0 unspecified atom stereocenters. The first-order valence-corrected chi connectivity index (χ1v) is 2.78. The largest absolute Gasteiger partial charge is 2.00 e. The second kappa shape index (κ2) is 56.2. The minimum Gasteiger partial charge on any atom is -0.544 e. The number of rotatable bonds is 0. The topological polar surface area (TPSA) is 138 Å². The van der Waals surface area contributed by atoms with Crippen LogP contribution >= 0.6 is 0 Å². The molecule has 0 spiro atoms. The van der Waals surface area contributed by atoms with Crippen molar-refractivity contribution in [3.8, 4) is 0 Å². The third-order valence-electron chi connectivity index (χ3n) is 0. The minimum atomic E-state index is -0.417. The molecule has 11 heavy (non-hydrogen) atoms. The average molecular weight is 291 g/mol. The van der Waals surface area contributed by atoms with E-state index >= 15 is 0 Å². The van der Waals surface area contributed by atoms with Gasteiger partial charge in [0.05, 0.1) is 34.0 Å². The summed E-state index contributed by atoms with van der Waals surface area (Å²) in [7, 11) is 0. The summed E-state index contributed by atoms with van der Waals surface area (Å²) >= 11 is -1.25. The van der Waals surface area contributed by atoms with Crippen molar-refractivity contribution in [2.75, 3.05) is 0 Å². The molecule has 0 saturated heterocycles. The molecule has 11 heteroatoms. The molecule has 0 heterocycles. The summed E-state index contributed by atoms with van der Waals surface area (Å²) in [5.41, 5.74) is 0. The van der Waals surface area contributed by atoms with Crippen molar-refractivity contribution >= 4 is 0 Å². The molecule has 0 amide bonds. The first-order chi connectivity index (χ1) is 4.24. The van der Waals surface area contributed by atoms with Gasteiger partial charge in [0.15, 0.2) is 0 Å². The van der Waals surface area contributed by atoms with Crippen LogP contribution in [0.5, 0.6) is 0 Å². The van der Waals surface area contributed by atoms with Crippen LogP contribution in [0.3, 0.4) is 0 Å². The monoisotopic (exact) mass is 288 g/mol. The van der Waals surface area contributed by atoms with Gasteiger partial charge in [0.25, 0.3) is 0 Å². The molecule has 0 aromatic carbocycles. The molecule has 0 aromatic rings. The van der Waals surface area contributed by atoms with Crippen LogP contribution in [-0.4, -0.2) is 0 Å². The average Bonchev–Trinajstić information content (AvgIpc) is 1.70. The molecule has 0 aliphatic heterocycles. The third-order valence-corrected chi connectivity index (χ3v) is 0. The molecular formula is Cl3NaO6Zn. The van der Waals surface area contributed by atoms with Gasteiger partial charge in [-0.1, -0.05) is 0 Å². The summed E-state index contributed by atoms with van der Waals surface area (Å²) in [5, 5.41) is 0. The van der Waals surface area contributed by atoms with Crippen LogP contribution in [0.25, 0.3) is 0 Å². The van der Waals surface area contributed by atoms with Crippen molar-refractivity contribution in [3.63, 3.8) is 0 Å². The van der Waals surface area contributed by atoms with Crippen LogP contribution < -0.4 is 57.5 Å². The van der Waals surface area contributed by atoms with E-state index in [1.165, 1.54) is 0 Å². The van der Waals surface area contributed by atoms with Crippen LogP contribution in [0.15, 0.2) is 0 Å². The SMILES string of the molecule is [Na+].[O-][Cl+][O-].[O-][Cl+][O-].[O-][Cl+][O-].[Zn+2]. The molecular weight excluding hydrogens is 291 g/mol. The van der Waals surface area contributed by atoms with E-state index in [1.807, 2.05) is 0 Å². The van der Waals surface area contributed by atoms with E-state index in [2.05, 4.69) is 0 Å². The van der Waals surface area contributed by atoms with E-state index in [-0.39, 0.29) is 49.0 Å². The van der Waals surface area contributed by atoms with Crippen LogP contribution in [0, 0.1) is 34.0 Å². The predicted molar refractivity (Wildman–Crippen MR) is 0 cm³/mol.